The van der Waals surface area contributed by atoms with Gasteiger partial charge in [0.05, 0.1) is 0 Å². The lowest BCUT2D eigenvalue weighted by atomic mass is 10.0. The van der Waals surface area contributed by atoms with Crippen molar-refractivity contribution in [2.45, 2.75) is 26.7 Å². The number of rotatable bonds is 3. The van der Waals surface area contributed by atoms with Crippen LogP contribution in [0.1, 0.15) is 29.1 Å². The Morgan fingerprint density at radius 2 is 2.04 bits per heavy atom. The molecule has 122 valence electrons. The lowest BCUT2D eigenvalue weighted by molar-refractivity contribution is 0.626. The summed E-state index contributed by atoms with van der Waals surface area (Å²) in [5.41, 5.74) is 3.03. The Bertz CT molecular complexity index is 679. The van der Waals surface area contributed by atoms with Crippen molar-refractivity contribution >= 4 is 5.82 Å². The van der Waals surface area contributed by atoms with Crippen LogP contribution in [-0.4, -0.2) is 36.1 Å². The van der Waals surface area contributed by atoms with Crippen molar-refractivity contribution in [3.05, 3.63) is 52.7 Å². The van der Waals surface area contributed by atoms with Crippen LogP contribution in [0.15, 0.2) is 24.3 Å². The minimum Gasteiger partial charge on any atom is -0.355 e. The maximum absolute atomic E-state index is 13.5. The first-order valence-electron chi connectivity index (χ1n) is 8.18. The molecule has 0 amide bonds. The van der Waals surface area contributed by atoms with Gasteiger partial charge in [0, 0.05) is 37.3 Å². The molecule has 1 saturated heterocycles. The van der Waals surface area contributed by atoms with Gasteiger partial charge in [-0.25, -0.2) is 14.4 Å². The molecule has 2 heterocycles. The minimum atomic E-state index is -0.200. The summed E-state index contributed by atoms with van der Waals surface area (Å²) in [5, 5.41) is 3.42. The summed E-state index contributed by atoms with van der Waals surface area (Å²) in [6, 6.07) is 6.77. The van der Waals surface area contributed by atoms with Gasteiger partial charge in [-0.1, -0.05) is 12.1 Å². The molecule has 4 nitrogen and oxygen atoms in total. The average molecular weight is 314 g/mol. The van der Waals surface area contributed by atoms with E-state index >= 15 is 0 Å². The van der Waals surface area contributed by atoms with Gasteiger partial charge in [0.25, 0.3) is 0 Å². The molecule has 0 radical (unpaired) electrons. The lowest BCUT2D eigenvalue weighted by Crippen LogP contribution is -2.30. The number of hydrogen-bond acceptors (Lipinski definition) is 4. The molecule has 1 fully saturated rings. The average Bonchev–Trinajstić information content (AvgIpc) is 2.79. The molecule has 2 aromatic rings. The van der Waals surface area contributed by atoms with E-state index in [-0.39, 0.29) is 5.82 Å². The third-order valence-electron chi connectivity index (χ3n) is 4.21. The van der Waals surface area contributed by atoms with Gasteiger partial charge in [-0.05, 0) is 44.5 Å². The number of halogens is 1. The van der Waals surface area contributed by atoms with Crippen molar-refractivity contribution in [2.24, 2.45) is 0 Å². The molecule has 0 spiro atoms. The first kappa shape index (κ1) is 15.9. The summed E-state index contributed by atoms with van der Waals surface area (Å²) in [5.74, 6) is 1.59. The first-order chi connectivity index (χ1) is 11.1. The van der Waals surface area contributed by atoms with Gasteiger partial charge in [0.2, 0.25) is 0 Å². The van der Waals surface area contributed by atoms with Crippen molar-refractivity contribution in [3.8, 4) is 0 Å². The van der Waals surface area contributed by atoms with E-state index in [9.17, 15) is 4.39 Å². The van der Waals surface area contributed by atoms with Gasteiger partial charge in [0.15, 0.2) is 0 Å². The van der Waals surface area contributed by atoms with E-state index in [0.29, 0.717) is 6.42 Å². The number of aryl methyl sites for hydroxylation is 2. The number of aromatic nitrogens is 2. The molecule has 3 rings (SSSR count). The third kappa shape index (κ3) is 3.85. The second-order valence-electron chi connectivity index (χ2n) is 6.06. The predicted octanol–water partition coefficient (Wildman–Crippen LogP) is 2.62. The monoisotopic (exact) mass is 314 g/mol. The van der Waals surface area contributed by atoms with Crippen molar-refractivity contribution in [1.29, 1.82) is 0 Å². The number of anilines is 1. The number of nitrogens with zero attached hydrogens (tertiary/aromatic N) is 3. The lowest BCUT2D eigenvalue weighted by Gasteiger charge is -2.25. The summed E-state index contributed by atoms with van der Waals surface area (Å²) in [7, 11) is 0. The van der Waals surface area contributed by atoms with Crippen LogP contribution in [0.3, 0.4) is 0 Å². The van der Waals surface area contributed by atoms with Crippen LogP contribution in [-0.2, 0) is 6.42 Å². The summed E-state index contributed by atoms with van der Waals surface area (Å²) < 4.78 is 13.5. The largest absolute Gasteiger partial charge is 0.355 e. The van der Waals surface area contributed by atoms with E-state index in [1.165, 1.54) is 6.07 Å². The smallest absolute Gasteiger partial charge is 0.136 e. The molecule has 5 heteroatoms. The molecule has 0 unspecified atom stereocenters. The van der Waals surface area contributed by atoms with E-state index in [4.69, 9.17) is 4.98 Å². The molecule has 1 aliphatic heterocycles. The topological polar surface area (TPSA) is 41.1 Å². The van der Waals surface area contributed by atoms with Crippen LogP contribution < -0.4 is 10.2 Å². The van der Waals surface area contributed by atoms with Crippen molar-refractivity contribution < 1.29 is 4.39 Å². The molecule has 23 heavy (non-hydrogen) atoms. The Morgan fingerprint density at radius 1 is 1.17 bits per heavy atom. The highest BCUT2D eigenvalue weighted by Gasteiger charge is 2.18. The van der Waals surface area contributed by atoms with E-state index < -0.39 is 0 Å². The Balaban J connectivity index is 1.97. The second kappa shape index (κ2) is 7.04. The third-order valence-corrected chi connectivity index (χ3v) is 4.21. The zero-order chi connectivity index (χ0) is 16.2. The molecule has 1 N–H and O–H groups in total. The van der Waals surface area contributed by atoms with Gasteiger partial charge in [0.1, 0.15) is 17.5 Å². The predicted molar refractivity (Wildman–Crippen MR) is 90.4 cm³/mol. The van der Waals surface area contributed by atoms with Crippen LogP contribution >= 0.6 is 0 Å². The molecule has 0 bridgehead atoms. The van der Waals surface area contributed by atoms with Crippen LogP contribution in [0.25, 0.3) is 0 Å². The van der Waals surface area contributed by atoms with E-state index in [1.807, 2.05) is 19.9 Å². The highest BCUT2D eigenvalue weighted by molar-refractivity contribution is 5.51. The van der Waals surface area contributed by atoms with Crippen molar-refractivity contribution in [1.82, 2.24) is 15.3 Å². The summed E-state index contributed by atoms with van der Waals surface area (Å²) in [6.45, 7) is 7.87. The van der Waals surface area contributed by atoms with Crippen LogP contribution in [0.5, 0.6) is 0 Å². The molecular formula is C18H23FN4. The quantitative estimate of drug-likeness (QED) is 0.945. The fourth-order valence-electron chi connectivity index (χ4n) is 3.09. The highest BCUT2D eigenvalue weighted by Crippen LogP contribution is 2.24. The maximum Gasteiger partial charge on any atom is 0.136 e. The zero-order valence-corrected chi connectivity index (χ0v) is 13.8. The minimum absolute atomic E-state index is 0.200. The first-order valence-corrected chi connectivity index (χ1v) is 8.18. The van der Waals surface area contributed by atoms with Crippen molar-refractivity contribution in [2.75, 3.05) is 31.1 Å². The summed E-state index contributed by atoms with van der Waals surface area (Å²) in [6.07, 6.45) is 1.75. The standard InChI is InChI=1S/C18H23FN4/c1-13-17(12-15-5-3-6-16(19)11-15)18(22-14(2)21-13)23-9-4-7-20-8-10-23/h3,5-6,11,20H,4,7-10,12H2,1-2H3. The normalized spacial score (nSPS) is 15.5. The number of hydrogen-bond donors (Lipinski definition) is 1. The van der Waals surface area contributed by atoms with Gasteiger partial charge in [-0.3, -0.25) is 0 Å². The van der Waals surface area contributed by atoms with E-state index in [0.717, 1.165) is 61.1 Å². The summed E-state index contributed by atoms with van der Waals surface area (Å²) >= 11 is 0. The zero-order valence-electron chi connectivity index (χ0n) is 13.8. The van der Waals surface area contributed by atoms with Crippen LogP contribution in [0.2, 0.25) is 0 Å². The van der Waals surface area contributed by atoms with Gasteiger partial charge in [-0.2, -0.15) is 0 Å². The summed E-state index contributed by atoms with van der Waals surface area (Å²) in [4.78, 5) is 11.6. The van der Waals surface area contributed by atoms with E-state index in [1.54, 1.807) is 12.1 Å². The molecule has 1 aromatic carbocycles. The molecule has 0 atom stereocenters. The SMILES string of the molecule is Cc1nc(C)c(Cc2cccc(F)c2)c(N2CCCNCC2)n1. The number of nitrogens with one attached hydrogen (secondary N) is 1. The molecule has 1 aliphatic rings. The Morgan fingerprint density at radius 3 is 2.87 bits per heavy atom. The van der Waals surface area contributed by atoms with Gasteiger partial charge >= 0.3 is 0 Å². The van der Waals surface area contributed by atoms with Crippen molar-refractivity contribution in [3.63, 3.8) is 0 Å². The van der Waals surface area contributed by atoms with E-state index in [2.05, 4.69) is 15.2 Å². The fourth-order valence-corrected chi connectivity index (χ4v) is 3.09. The number of benzene rings is 1. The Labute approximate surface area is 136 Å². The molecule has 1 aromatic heterocycles. The molecular weight excluding hydrogens is 291 g/mol. The molecule has 0 saturated carbocycles. The van der Waals surface area contributed by atoms with Gasteiger partial charge in [-0.15, -0.1) is 0 Å². The second-order valence-corrected chi connectivity index (χ2v) is 6.06. The Kier molecular flexibility index (Phi) is 4.86. The Hall–Kier alpha value is -2.01. The van der Waals surface area contributed by atoms with Crippen LogP contribution in [0, 0.1) is 19.7 Å². The van der Waals surface area contributed by atoms with Gasteiger partial charge < -0.3 is 10.2 Å². The van der Waals surface area contributed by atoms with Crippen LogP contribution in [0.4, 0.5) is 10.2 Å². The molecule has 0 aliphatic carbocycles. The maximum atomic E-state index is 13.5. The highest BCUT2D eigenvalue weighted by atomic mass is 19.1. The fraction of sp³-hybridized carbons (Fsp3) is 0.444.